The van der Waals surface area contributed by atoms with E-state index in [9.17, 15) is 4.79 Å². The Morgan fingerprint density at radius 3 is 2.58 bits per heavy atom. The standard InChI is InChI=1S/C20H37N5O/c1-7-24(8-2)12-11-21-16-9-10-18-17(13-16)19(20(26)23(5)6)22-25(18)14-15(3)4/h15-16,21H,7-14H2,1-6H3. The van der Waals surface area contributed by atoms with Crippen LogP contribution in [0.1, 0.15) is 55.9 Å². The van der Waals surface area contributed by atoms with Gasteiger partial charge >= 0.3 is 0 Å². The third-order valence-electron chi connectivity index (χ3n) is 5.25. The van der Waals surface area contributed by atoms with E-state index in [4.69, 9.17) is 5.10 Å². The van der Waals surface area contributed by atoms with Crippen LogP contribution in [0.25, 0.3) is 0 Å². The number of amides is 1. The fraction of sp³-hybridized carbons (Fsp3) is 0.800. The highest BCUT2D eigenvalue weighted by Crippen LogP contribution is 2.26. The number of hydrogen-bond donors (Lipinski definition) is 1. The summed E-state index contributed by atoms with van der Waals surface area (Å²) in [6.45, 7) is 13.9. The van der Waals surface area contributed by atoms with Crippen molar-refractivity contribution in [3.05, 3.63) is 17.0 Å². The molecule has 1 aromatic heterocycles. The molecule has 0 aromatic carbocycles. The molecule has 6 nitrogen and oxygen atoms in total. The summed E-state index contributed by atoms with van der Waals surface area (Å²) in [6.07, 6.45) is 3.02. The van der Waals surface area contributed by atoms with Gasteiger partial charge < -0.3 is 15.1 Å². The number of rotatable bonds is 9. The molecule has 1 unspecified atom stereocenters. The molecular formula is C20H37N5O. The monoisotopic (exact) mass is 363 g/mol. The van der Waals surface area contributed by atoms with Crippen LogP contribution in [0.4, 0.5) is 0 Å². The van der Waals surface area contributed by atoms with Crippen LogP contribution in [0.15, 0.2) is 0 Å². The summed E-state index contributed by atoms with van der Waals surface area (Å²) in [5.41, 5.74) is 3.09. The minimum absolute atomic E-state index is 0.0209. The predicted octanol–water partition coefficient (Wildman–Crippen LogP) is 2.03. The van der Waals surface area contributed by atoms with Gasteiger partial charge in [-0.3, -0.25) is 9.48 Å². The molecule has 2 rings (SSSR count). The SMILES string of the molecule is CCN(CC)CCNC1CCc2c(c(C(=O)N(C)C)nn2CC(C)C)C1. The van der Waals surface area contributed by atoms with Crippen LogP contribution in [0.3, 0.4) is 0 Å². The van der Waals surface area contributed by atoms with Crippen LogP contribution in [0.5, 0.6) is 0 Å². The van der Waals surface area contributed by atoms with E-state index in [2.05, 4.69) is 42.6 Å². The van der Waals surface area contributed by atoms with Crippen molar-refractivity contribution in [2.45, 2.75) is 59.5 Å². The summed E-state index contributed by atoms with van der Waals surface area (Å²) in [4.78, 5) is 16.7. The predicted molar refractivity (Wildman–Crippen MR) is 107 cm³/mol. The molecule has 148 valence electrons. The van der Waals surface area contributed by atoms with Gasteiger partial charge in [-0.25, -0.2) is 0 Å². The molecule has 0 spiro atoms. The van der Waals surface area contributed by atoms with Gasteiger partial charge in [-0.2, -0.15) is 5.10 Å². The Labute approximate surface area is 158 Å². The molecule has 1 aliphatic rings. The lowest BCUT2D eigenvalue weighted by Gasteiger charge is -2.26. The molecule has 0 radical (unpaired) electrons. The van der Waals surface area contributed by atoms with Crippen molar-refractivity contribution in [3.8, 4) is 0 Å². The van der Waals surface area contributed by atoms with Gasteiger partial charge in [0.1, 0.15) is 0 Å². The zero-order valence-corrected chi connectivity index (χ0v) is 17.5. The minimum atomic E-state index is 0.0209. The van der Waals surface area contributed by atoms with E-state index >= 15 is 0 Å². The number of carbonyl (C=O) groups is 1. The van der Waals surface area contributed by atoms with Crippen LogP contribution in [-0.2, 0) is 19.4 Å². The molecule has 1 aromatic rings. The van der Waals surface area contributed by atoms with Crippen molar-refractivity contribution in [2.24, 2.45) is 5.92 Å². The Morgan fingerprint density at radius 1 is 1.31 bits per heavy atom. The number of nitrogens with one attached hydrogen (secondary N) is 1. The van der Waals surface area contributed by atoms with Crippen LogP contribution >= 0.6 is 0 Å². The van der Waals surface area contributed by atoms with E-state index in [0.717, 1.165) is 57.5 Å². The van der Waals surface area contributed by atoms with Crippen molar-refractivity contribution in [1.29, 1.82) is 0 Å². The van der Waals surface area contributed by atoms with Gasteiger partial charge in [-0.15, -0.1) is 0 Å². The second-order valence-electron chi connectivity index (χ2n) is 7.97. The number of carbonyl (C=O) groups excluding carboxylic acids is 1. The number of aromatic nitrogens is 2. The molecule has 6 heteroatoms. The summed E-state index contributed by atoms with van der Waals surface area (Å²) >= 11 is 0. The first-order chi connectivity index (χ1) is 12.4. The largest absolute Gasteiger partial charge is 0.343 e. The molecular weight excluding hydrogens is 326 g/mol. The van der Waals surface area contributed by atoms with Crippen LogP contribution < -0.4 is 5.32 Å². The minimum Gasteiger partial charge on any atom is -0.343 e. The lowest BCUT2D eigenvalue weighted by Crippen LogP contribution is -2.40. The van der Waals surface area contributed by atoms with Gasteiger partial charge in [0.15, 0.2) is 5.69 Å². The van der Waals surface area contributed by atoms with Crippen molar-refractivity contribution in [1.82, 2.24) is 24.9 Å². The molecule has 1 heterocycles. The number of fused-ring (bicyclic) bond motifs is 1. The van der Waals surface area contributed by atoms with Crippen molar-refractivity contribution < 1.29 is 4.79 Å². The van der Waals surface area contributed by atoms with E-state index < -0.39 is 0 Å². The van der Waals surface area contributed by atoms with E-state index in [1.165, 1.54) is 5.69 Å². The topological polar surface area (TPSA) is 53.4 Å². The molecule has 0 fully saturated rings. The smallest absolute Gasteiger partial charge is 0.274 e. The van der Waals surface area contributed by atoms with Crippen molar-refractivity contribution in [3.63, 3.8) is 0 Å². The van der Waals surface area contributed by atoms with Crippen molar-refractivity contribution >= 4 is 5.91 Å². The summed E-state index contributed by atoms with van der Waals surface area (Å²) in [5, 5.41) is 8.42. The van der Waals surface area contributed by atoms with E-state index in [1.54, 1.807) is 19.0 Å². The fourth-order valence-electron chi connectivity index (χ4n) is 3.71. The number of likely N-dealkylation sites (N-methyl/N-ethyl adjacent to an activating group) is 1. The molecule has 1 atom stereocenters. The Morgan fingerprint density at radius 2 is 2.00 bits per heavy atom. The maximum absolute atomic E-state index is 12.6. The van der Waals surface area contributed by atoms with Crippen LogP contribution in [0.2, 0.25) is 0 Å². The molecule has 1 amide bonds. The molecule has 0 saturated carbocycles. The second kappa shape index (κ2) is 9.51. The van der Waals surface area contributed by atoms with Gasteiger partial charge in [-0.1, -0.05) is 27.7 Å². The van der Waals surface area contributed by atoms with Gasteiger partial charge in [0, 0.05) is 51.0 Å². The van der Waals surface area contributed by atoms with Gasteiger partial charge in [-0.05, 0) is 38.3 Å². The molecule has 0 aliphatic heterocycles. The van der Waals surface area contributed by atoms with E-state index in [0.29, 0.717) is 17.7 Å². The molecule has 0 saturated heterocycles. The molecule has 0 bridgehead atoms. The fourth-order valence-corrected chi connectivity index (χ4v) is 3.71. The highest BCUT2D eigenvalue weighted by atomic mass is 16.2. The average molecular weight is 364 g/mol. The highest BCUT2D eigenvalue weighted by molar-refractivity contribution is 5.93. The molecule has 1 N–H and O–H groups in total. The van der Waals surface area contributed by atoms with Crippen molar-refractivity contribution in [2.75, 3.05) is 40.3 Å². The summed E-state index contributed by atoms with van der Waals surface area (Å²) in [6, 6.07) is 0.434. The normalized spacial score (nSPS) is 17.0. The molecule has 26 heavy (non-hydrogen) atoms. The lowest BCUT2D eigenvalue weighted by atomic mass is 9.91. The van der Waals surface area contributed by atoms with E-state index in [1.807, 2.05) is 0 Å². The van der Waals surface area contributed by atoms with Gasteiger partial charge in [0.2, 0.25) is 0 Å². The van der Waals surface area contributed by atoms with Gasteiger partial charge in [0.05, 0.1) is 0 Å². The first kappa shape index (κ1) is 20.9. The Hall–Kier alpha value is -1.40. The van der Waals surface area contributed by atoms with Crippen LogP contribution in [0, 0.1) is 5.92 Å². The number of hydrogen-bond acceptors (Lipinski definition) is 4. The Balaban J connectivity index is 2.11. The second-order valence-corrected chi connectivity index (χ2v) is 7.97. The quantitative estimate of drug-likeness (QED) is 0.729. The van der Waals surface area contributed by atoms with Gasteiger partial charge in [0.25, 0.3) is 5.91 Å². The maximum Gasteiger partial charge on any atom is 0.274 e. The van der Waals surface area contributed by atoms with Crippen LogP contribution in [-0.4, -0.2) is 71.8 Å². The average Bonchev–Trinajstić information content (AvgIpc) is 2.95. The summed E-state index contributed by atoms with van der Waals surface area (Å²) < 4.78 is 2.09. The first-order valence-corrected chi connectivity index (χ1v) is 10.1. The molecule has 1 aliphatic carbocycles. The number of nitrogens with zero attached hydrogens (tertiary/aromatic N) is 4. The van der Waals surface area contributed by atoms with E-state index in [-0.39, 0.29) is 5.91 Å². The first-order valence-electron chi connectivity index (χ1n) is 10.1. The Kier molecular flexibility index (Phi) is 7.65. The lowest BCUT2D eigenvalue weighted by molar-refractivity contribution is 0.0819. The third-order valence-corrected chi connectivity index (χ3v) is 5.25. The summed E-state index contributed by atoms with van der Waals surface area (Å²) in [5.74, 6) is 0.541. The third kappa shape index (κ3) is 5.07. The maximum atomic E-state index is 12.6. The highest BCUT2D eigenvalue weighted by Gasteiger charge is 2.29. The zero-order chi connectivity index (χ0) is 19.3. The Bertz CT molecular complexity index is 589. The zero-order valence-electron chi connectivity index (χ0n) is 17.5. The summed E-state index contributed by atoms with van der Waals surface area (Å²) in [7, 11) is 3.61.